The van der Waals surface area contributed by atoms with Crippen LogP contribution < -0.4 is 0 Å². The van der Waals surface area contributed by atoms with Crippen molar-refractivity contribution < 1.29 is 13.3 Å². The lowest BCUT2D eigenvalue weighted by atomic mass is 9.94. The topological polar surface area (TPSA) is 80.0 Å². The lowest BCUT2D eigenvalue weighted by molar-refractivity contribution is 0.669. The second-order valence-corrected chi connectivity index (χ2v) is 34.4. The summed E-state index contributed by atoms with van der Waals surface area (Å²) >= 11 is 0. The standard InChI is InChI=1S/C44H27NO.C43H26N2O.C37H22N2O/c1-3-11-28(12-4-1)31-25-32(29-13-5-2-6-14-29)27-33(26-31)45-39-19-9-15-30-21-22-36-34(23-24-40(45)43(36)42(30)39)37-17-10-18-38-35-16-7-8-20-41(35)46-44(37)38;1-3-11-27(12-4-1)30-25-36(28-13-5-2-6-14-28)44-40(26-30)45-37-19-9-15-29-21-22-33-31(23-24-38(45)42(33)41(29)37)34-17-10-18-35-32-16-7-8-20-39(32)46-43(34)35;1-2-9-23(10-3-1)30-15-8-18-34(38-30)39-31-16-6-11-24-19-20-27-25(21-22-32(39)36(27)35(24)31)28-13-7-14-29-26-12-4-5-17-33(26)40-37(28)29/h1-27H;1-26H;1-22H. The average molecular weight is 1680 g/mol. The molecule has 0 saturated carbocycles. The second-order valence-electron chi connectivity index (χ2n) is 34.4. The molecule has 0 N–H and O–H groups in total. The largest absolute Gasteiger partial charge is 0.455 e. The van der Waals surface area contributed by atoms with Gasteiger partial charge in [0.1, 0.15) is 45.1 Å². The Hall–Kier alpha value is -17.7. The molecule has 8 nitrogen and oxygen atoms in total. The summed E-state index contributed by atoms with van der Waals surface area (Å²) in [6.07, 6.45) is 0. The molecule has 0 unspecified atom stereocenters. The maximum Gasteiger partial charge on any atom is 0.143 e. The van der Waals surface area contributed by atoms with Gasteiger partial charge in [0.25, 0.3) is 0 Å². The molecule has 0 spiro atoms. The summed E-state index contributed by atoms with van der Waals surface area (Å²) in [5.74, 6) is 1.82. The van der Waals surface area contributed by atoms with Crippen LogP contribution in [0.1, 0.15) is 0 Å². The van der Waals surface area contributed by atoms with Gasteiger partial charge >= 0.3 is 0 Å². The van der Waals surface area contributed by atoms with Gasteiger partial charge in [-0.25, -0.2) is 9.97 Å². The Labute approximate surface area is 756 Å². The number of aromatic nitrogens is 5. The average Bonchev–Trinajstić information content (AvgIpc) is 1.55. The minimum atomic E-state index is 0.900. The van der Waals surface area contributed by atoms with E-state index in [1.807, 2.05) is 42.5 Å². The minimum absolute atomic E-state index is 0.900. The van der Waals surface area contributed by atoms with Crippen molar-refractivity contribution in [3.63, 3.8) is 0 Å². The molecule has 29 rings (SSSR count). The van der Waals surface area contributed by atoms with Crippen LogP contribution in [0.5, 0.6) is 0 Å². The molecular formula is C124H75N5O3. The van der Waals surface area contributed by atoms with Crippen molar-refractivity contribution in [2.24, 2.45) is 0 Å². The van der Waals surface area contributed by atoms with Crippen LogP contribution in [0.4, 0.5) is 0 Å². The van der Waals surface area contributed by atoms with E-state index in [0.717, 1.165) is 161 Å². The zero-order valence-electron chi connectivity index (χ0n) is 71.3. The third-order valence-electron chi connectivity index (χ3n) is 27.1. The predicted molar refractivity (Wildman–Crippen MR) is 549 cm³/mol. The summed E-state index contributed by atoms with van der Waals surface area (Å²) in [7, 11) is 0. The molecular weight excluding hydrogens is 1610 g/mol. The van der Waals surface area contributed by atoms with Crippen molar-refractivity contribution in [1.29, 1.82) is 0 Å². The van der Waals surface area contributed by atoms with Gasteiger partial charge in [-0.05, 0) is 179 Å². The first-order valence-electron chi connectivity index (χ1n) is 45.0. The van der Waals surface area contributed by atoms with E-state index < -0.39 is 0 Å². The number of hydrogen-bond acceptors (Lipinski definition) is 5. The van der Waals surface area contributed by atoms with Crippen LogP contribution in [-0.2, 0) is 0 Å². The Morgan fingerprint density at radius 2 is 0.485 bits per heavy atom. The molecule has 0 aliphatic rings. The van der Waals surface area contributed by atoms with Crippen LogP contribution in [0.25, 0.3) is 270 Å². The Balaban J connectivity index is 0.000000102. The molecule has 0 aliphatic heterocycles. The molecule has 0 fully saturated rings. The maximum atomic E-state index is 6.51. The lowest BCUT2D eigenvalue weighted by Crippen LogP contribution is -2.00. The summed E-state index contributed by atoms with van der Waals surface area (Å²) in [5, 5.41) is 21.8. The van der Waals surface area contributed by atoms with E-state index in [2.05, 4.69) is 426 Å². The van der Waals surface area contributed by atoms with Crippen LogP contribution in [-0.4, -0.2) is 23.7 Å². The molecule has 0 atom stereocenters. The van der Waals surface area contributed by atoms with E-state index in [0.29, 0.717) is 0 Å². The molecule has 0 amide bonds. The van der Waals surface area contributed by atoms with Gasteiger partial charge in [-0.15, -0.1) is 0 Å². The molecule has 0 bridgehead atoms. The monoisotopic (exact) mass is 1680 g/mol. The summed E-state index contributed by atoms with van der Waals surface area (Å²) in [5.41, 5.74) is 31.8. The van der Waals surface area contributed by atoms with Crippen LogP contribution in [0.2, 0.25) is 0 Å². The number of benzene rings is 21. The van der Waals surface area contributed by atoms with Crippen molar-refractivity contribution in [3.05, 3.63) is 455 Å². The molecule has 8 aromatic heterocycles. The Morgan fingerprint density at radius 3 is 0.902 bits per heavy atom. The molecule has 8 heteroatoms. The first-order chi connectivity index (χ1) is 65.5. The lowest BCUT2D eigenvalue weighted by Gasteiger charge is -2.14. The highest BCUT2D eigenvalue weighted by atomic mass is 16.3. The Morgan fingerprint density at radius 1 is 0.167 bits per heavy atom. The van der Waals surface area contributed by atoms with Crippen LogP contribution >= 0.6 is 0 Å². The van der Waals surface area contributed by atoms with E-state index in [9.17, 15) is 0 Å². The SMILES string of the molecule is c1ccc(-c2cc(-c3ccccc3)cc(-n3c4cccc5ccc6c(-c7cccc8c7oc7ccccc78)ccc3c6c54)c2)cc1.c1ccc(-c2cc(-c3ccccc3)nc(-n3c4cccc5ccc6c(-c7cccc8c7oc7ccccc78)ccc3c6c54)c2)cc1.c1ccc(-c2cccc(-n3c4cccc5ccc6c(-c7cccc8c7oc7ccccc78)ccc3c6c54)n2)cc1. The molecule has 614 valence electrons. The highest BCUT2D eigenvalue weighted by Gasteiger charge is 2.28. The fourth-order valence-electron chi connectivity index (χ4n) is 21.3. The molecule has 21 aromatic carbocycles. The zero-order chi connectivity index (χ0) is 86.6. The first kappa shape index (κ1) is 74.5. The van der Waals surface area contributed by atoms with Gasteiger partial charge in [0.05, 0.1) is 44.5 Å². The van der Waals surface area contributed by atoms with Gasteiger partial charge in [-0.3, -0.25) is 9.13 Å². The second kappa shape index (κ2) is 30.0. The number of rotatable bonds is 11. The first-order valence-corrected chi connectivity index (χ1v) is 45.0. The number of furan rings is 3. The van der Waals surface area contributed by atoms with Crippen LogP contribution in [0.3, 0.4) is 0 Å². The fourth-order valence-corrected chi connectivity index (χ4v) is 21.3. The van der Waals surface area contributed by atoms with E-state index in [1.54, 1.807) is 0 Å². The molecule has 0 radical (unpaired) electrons. The maximum absolute atomic E-state index is 6.51. The Kier molecular flexibility index (Phi) is 16.9. The number of fused-ring (bicyclic) bond motifs is 9. The third kappa shape index (κ3) is 11.8. The molecule has 29 aromatic rings. The number of nitrogens with zero attached hydrogens (tertiary/aromatic N) is 5. The highest BCUT2D eigenvalue weighted by Crippen LogP contribution is 2.51. The summed E-state index contributed by atoms with van der Waals surface area (Å²) < 4.78 is 26.6. The van der Waals surface area contributed by atoms with Gasteiger partial charge < -0.3 is 17.8 Å². The molecule has 132 heavy (non-hydrogen) atoms. The van der Waals surface area contributed by atoms with Crippen molar-refractivity contribution in [3.8, 4) is 107 Å². The summed E-state index contributed by atoms with van der Waals surface area (Å²) in [4.78, 5) is 10.5. The smallest absolute Gasteiger partial charge is 0.143 e. The molecule has 0 saturated heterocycles. The normalized spacial score (nSPS) is 11.9. The predicted octanol–water partition coefficient (Wildman–Crippen LogP) is 33.9. The van der Waals surface area contributed by atoms with Crippen LogP contribution in [0.15, 0.2) is 468 Å². The van der Waals surface area contributed by atoms with Crippen LogP contribution in [0, 0.1) is 0 Å². The number of para-hydroxylation sites is 6. The van der Waals surface area contributed by atoms with Gasteiger partial charge in [0.2, 0.25) is 0 Å². The van der Waals surface area contributed by atoms with Crippen molar-refractivity contribution >= 4 is 164 Å². The van der Waals surface area contributed by atoms with Gasteiger partial charge in [-0.2, -0.15) is 0 Å². The van der Waals surface area contributed by atoms with Gasteiger partial charge in [0, 0.05) is 98.1 Å². The number of pyridine rings is 2. The third-order valence-corrected chi connectivity index (χ3v) is 27.1. The Bertz CT molecular complexity index is 9090. The van der Waals surface area contributed by atoms with E-state index in [4.69, 9.17) is 23.2 Å². The van der Waals surface area contributed by atoms with Gasteiger partial charge in [-0.1, -0.05) is 358 Å². The minimum Gasteiger partial charge on any atom is -0.455 e. The molecule has 0 aliphatic carbocycles. The van der Waals surface area contributed by atoms with Crippen molar-refractivity contribution in [2.75, 3.05) is 0 Å². The highest BCUT2D eigenvalue weighted by molar-refractivity contribution is 6.31. The summed E-state index contributed by atoms with van der Waals surface area (Å²) in [6, 6.07) is 162. The zero-order valence-corrected chi connectivity index (χ0v) is 71.3. The van der Waals surface area contributed by atoms with Crippen molar-refractivity contribution in [2.45, 2.75) is 0 Å². The molecule has 8 heterocycles. The summed E-state index contributed by atoms with van der Waals surface area (Å²) in [6.45, 7) is 0. The van der Waals surface area contributed by atoms with Gasteiger partial charge in [0.15, 0.2) is 0 Å². The number of hydrogen-bond donors (Lipinski definition) is 0. The van der Waals surface area contributed by atoms with E-state index in [-0.39, 0.29) is 0 Å². The van der Waals surface area contributed by atoms with E-state index in [1.165, 1.54) is 109 Å². The van der Waals surface area contributed by atoms with E-state index >= 15 is 0 Å². The van der Waals surface area contributed by atoms with Crippen molar-refractivity contribution in [1.82, 2.24) is 23.7 Å². The quantitative estimate of drug-likeness (QED) is 0.121. The fraction of sp³-hybridized carbons (Fsp3) is 0.